The number of allylic oxidation sites excluding steroid dienone is 5. The Bertz CT molecular complexity index is 1250. The van der Waals surface area contributed by atoms with Crippen LogP contribution >= 0.6 is 0 Å². The molecule has 1 amide bonds. The zero-order valence-electron chi connectivity index (χ0n) is 52.0. The molecule has 0 rings (SSSR count). The Morgan fingerprint density at radius 2 is 0.610 bits per heavy atom. The monoisotopic (exact) mass is 1080 g/mol. The molecule has 77 heavy (non-hydrogen) atoms. The highest BCUT2D eigenvalue weighted by molar-refractivity contribution is 5.76. The normalized spacial score (nSPS) is 12.7. The van der Waals surface area contributed by atoms with Gasteiger partial charge in [-0.2, -0.15) is 0 Å². The SMILES string of the molecule is CCCCCCCC/C=C\CCCCCCCC(=O)OCCCCCCCCCCCCCC/C=C\CCCCCCCCCCCC(=O)NC(CO)C(O)/C=C/CCCCCCCCCCCCCCCCCCCC. The highest BCUT2D eigenvalue weighted by Gasteiger charge is 2.18. The molecule has 0 saturated carbocycles. The minimum Gasteiger partial charge on any atom is -0.466 e. The number of hydrogen-bond acceptors (Lipinski definition) is 5. The van der Waals surface area contributed by atoms with Gasteiger partial charge in [-0.1, -0.05) is 320 Å². The van der Waals surface area contributed by atoms with Crippen LogP contribution in [0, 0.1) is 0 Å². The van der Waals surface area contributed by atoms with Crippen molar-refractivity contribution in [2.75, 3.05) is 13.2 Å². The van der Waals surface area contributed by atoms with E-state index in [1.165, 1.54) is 308 Å². The third-order valence-electron chi connectivity index (χ3n) is 16.1. The zero-order chi connectivity index (χ0) is 55.7. The molecule has 0 aromatic carbocycles. The lowest BCUT2D eigenvalue weighted by atomic mass is 10.0. The van der Waals surface area contributed by atoms with E-state index in [4.69, 9.17) is 4.74 Å². The Balaban J connectivity index is 3.42. The first-order chi connectivity index (χ1) is 38.0. The molecule has 6 nitrogen and oxygen atoms in total. The molecule has 454 valence electrons. The molecule has 0 aromatic heterocycles. The number of nitrogens with one attached hydrogen (secondary N) is 1. The summed E-state index contributed by atoms with van der Waals surface area (Å²) in [4.78, 5) is 24.6. The van der Waals surface area contributed by atoms with Crippen LogP contribution in [0.5, 0.6) is 0 Å². The molecule has 0 bridgehead atoms. The van der Waals surface area contributed by atoms with Crippen LogP contribution in [0.4, 0.5) is 0 Å². The molecule has 6 heteroatoms. The van der Waals surface area contributed by atoms with Crippen molar-refractivity contribution in [2.45, 2.75) is 392 Å². The van der Waals surface area contributed by atoms with Crippen molar-refractivity contribution in [3.8, 4) is 0 Å². The molecule has 2 unspecified atom stereocenters. The quantitative estimate of drug-likeness (QED) is 0.0320. The van der Waals surface area contributed by atoms with Crippen molar-refractivity contribution < 1.29 is 24.5 Å². The molecule has 0 aliphatic rings. The van der Waals surface area contributed by atoms with Gasteiger partial charge in [0.25, 0.3) is 0 Å². The topological polar surface area (TPSA) is 95.9 Å². The second-order valence-corrected chi connectivity index (χ2v) is 23.9. The number of carbonyl (C=O) groups is 2. The first-order valence-corrected chi connectivity index (χ1v) is 34.8. The van der Waals surface area contributed by atoms with Crippen LogP contribution in [0.15, 0.2) is 36.5 Å². The molecule has 0 fully saturated rings. The fourth-order valence-electron chi connectivity index (χ4n) is 10.8. The second-order valence-electron chi connectivity index (χ2n) is 23.9. The van der Waals surface area contributed by atoms with Gasteiger partial charge in [0.15, 0.2) is 0 Å². The fourth-order valence-corrected chi connectivity index (χ4v) is 10.8. The number of hydrogen-bond donors (Lipinski definition) is 3. The smallest absolute Gasteiger partial charge is 0.305 e. The largest absolute Gasteiger partial charge is 0.466 e. The maximum absolute atomic E-state index is 12.5. The molecule has 0 saturated heterocycles. The molecule has 0 heterocycles. The van der Waals surface area contributed by atoms with Crippen LogP contribution in [0.2, 0.25) is 0 Å². The average Bonchev–Trinajstić information content (AvgIpc) is 3.43. The van der Waals surface area contributed by atoms with E-state index in [2.05, 4.69) is 43.5 Å². The maximum atomic E-state index is 12.5. The number of aliphatic hydroxyl groups excluding tert-OH is 2. The fraction of sp³-hybridized carbons (Fsp3) is 0.887. The molecule has 0 aromatic rings. The van der Waals surface area contributed by atoms with Crippen molar-refractivity contribution in [1.82, 2.24) is 5.32 Å². The molecular formula is C71H135NO5. The van der Waals surface area contributed by atoms with Gasteiger partial charge in [0, 0.05) is 12.8 Å². The Labute approximate surface area is 481 Å². The molecule has 0 radical (unpaired) electrons. The van der Waals surface area contributed by atoms with E-state index in [-0.39, 0.29) is 18.5 Å². The number of unbranched alkanes of at least 4 members (excludes halogenated alkanes) is 50. The molecule has 2 atom stereocenters. The van der Waals surface area contributed by atoms with Crippen molar-refractivity contribution >= 4 is 11.9 Å². The summed E-state index contributed by atoms with van der Waals surface area (Å²) >= 11 is 0. The lowest BCUT2D eigenvalue weighted by Crippen LogP contribution is -2.45. The van der Waals surface area contributed by atoms with Gasteiger partial charge in [-0.25, -0.2) is 0 Å². The minimum atomic E-state index is -0.848. The number of rotatable bonds is 65. The predicted octanol–water partition coefficient (Wildman–Crippen LogP) is 22.3. The van der Waals surface area contributed by atoms with E-state index in [0.29, 0.717) is 19.4 Å². The molecule has 3 N–H and O–H groups in total. The third kappa shape index (κ3) is 63.1. The molecular weight excluding hydrogens is 947 g/mol. The van der Waals surface area contributed by atoms with Crippen LogP contribution in [-0.4, -0.2) is 47.4 Å². The van der Waals surface area contributed by atoms with Crippen LogP contribution in [0.3, 0.4) is 0 Å². The first-order valence-electron chi connectivity index (χ1n) is 34.8. The van der Waals surface area contributed by atoms with Gasteiger partial charge >= 0.3 is 5.97 Å². The number of aliphatic hydroxyl groups is 2. The summed E-state index contributed by atoms with van der Waals surface area (Å²) < 4.78 is 5.49. The van der Waals surface area contributed by atoms with Gasteiger partial charge in [-0.15, -0.1) is 0 Å². The predicted molar refractivity (Wildman–Crippen MR) is 338 cm³/mol. The lowest BCUT2D eigenvalue weighted by molar-refractivity contribution is -0.143. The van der Waals surface area contributed by atoms with Crippen LogP contribution < -0.4 is 5.32 Å². The number of esters is 1. The van der Waals surface area contributed by atoms with E-state index in [9.17, 15) is 19.8 Å². The van der Waals surface area contributed by atoms with E-state index < -0.39 is 12.1 Å². The zero-order valence-corrected chi connectivity index (χ0v) is 52.0. The van der Waals surface area contributed by atoms with Gasteiger partial charge in [0.05, 0.1) is 25.4 Å². The standard InChI is InChI=1S/C71H135NO5/c1-3-5-7-9-11-13-15-17-19-20-21-29-32-36-39-43-47-51-55-59-63-69(74)68(67-73)72-70(75)64-60-56-52-48-44-40-37-33-30-27-25-23-22-24-26-28-31-34-38-42-46-50-54-58-62-66-77-71(76)65-61-57-53-49-45-41-35-18-16-14-12-10-8-6-4-2/h18,23,25,35,59,63,68-69,73-74H,3-17,19-22,24,26-34,36-58,60-62,64-67H2,1-2H3,(H,72,75)/b25-23-,35-18-,63-59+. The van der Waals surface area contributed by atoms with Crippen molar-refractivity contribution in [1.29, 1.82) is 0 Å². The maximum Gasteiger partial charge on any atom is 0.305 e. The summed E-state index contributed by atoms with van der Waals surface area (Å²) in [7, 11) is 0. The Hall–Kier alpha value is -1.92. The van der Waals surface area contributed by atoms with Gasteiger partial charge < -0.3 is 20.3 Å². The highest BCUT2D eigenvalue weighted by atomic mass is 16.5. The molecule has 0 aliphatic carbocycles. The Kier molecular flexibility index (Phi) is 64.9. The summed E-state index contributed by atoms with van der Waals surface area (Å²) in [5, 5.41) is 23.2. The van der Waals surface area contributed by atoms with E-state index >= 15 is 0 Å². The van der Waals surface area contributed by atoms with Gasteiger partial charge in [-0.3, -0.25) is 9.59 Å². The van der Waals surface area contributed by atoms with Crippen molar-refractivity contribution in [3.63, 3.8) is 0 Å². The molecule has 0 spiro atoms. The van der Waals surface area contributed by atoms with Gasteiger partial charge in [-0.05, 0) is 83.5 Å². The summed E-state index contributed by atoms with van der Waals surface area (Å²) in [6.07, 6.45) is 85.0. The van der Waals surface area contributed by atoms with Gasteiger partial charge in [0.1, 0.15) is 0 Å². The second kappa shape index (κ2) is 66.6. The minimum absolute atomic E-state index is 0.00550. The van der Waals surface area contributed by atoms with Crippen LogP contribution in [0.25, 0.3) is 0 Å². The van der Waals surface area contributed by atoms with E-state index in [1.54, 1.807) is 6.08 Å². The Morgan fingerprint density at radius 3 is 0.922 bits per heavy atom. The average molecular weight is 1080 g/mol. The first kappa shape index (κ1) is 75.1. The van der Waals surface area contributed by atoms with E-state index in [1.807, 2.05) is 6.08 Å². The van der Waals surface area contributed by atoms with Crippen LogP contribution in [-0.2, 0) is 14.3 Å². The van der Waals surface area contributed by atoms with Crippen LogP contribution in [0.1, 0.15) is 380 Å². The number of carbonyl (C=O) groups excluding carboxylic acids is 2. The van der Waals surface area contributed by atoms with E-state index in [0.717, 1.165) is 44.9 Å². The summed E-state index contributed by atoms with van der Waals surface area (Å²) in [6.45, 7) is 4.92. The lowest BCUT2D eigenvalue weighted by Gasteiger charge is -2.20. The Morgan fingerprint density at radius 1 is 0.351 bits per heavy atom. The van der Waals surface area contributed by atoms with Crippen molar-refractivity contribution in [2.24, 2.45) is 0 Å². The molecule has 0 aliphatic heterocycles. The summed E-state index contributed by atoms with van der Waals surface area (Å²) in [6, 6.07) is -0.631. The number of ether oxygens (including phenoxy) is 1. The number of amides is 1. The highest BCUT2D eigenvalue weighted by Crippen LogP contribution is 2.18. The summed E-state index contributed by atoms with van der Waals surface area (Å²) in [5.41, 5.74) is 0. The van der Waals surface area contributed by atoms with Gasteiger partial charge in [0.2, 0.25) is 5.91 Å². The van der Waals surface area contributed by atoms with Crippen molar-refractivity contribution in [3.05, 3.63) is 36.5 Å². The summed E-state index contributed by atoms with van der Waals surface area (Å²) in [5.74, 6) is -0.0625. The third-order valence-corrected chi connectivity index (χ3v) is 16.1.